The van der Waals surface area contributed by atoms with Crippen LogP contribution in [0.3, 0.4) is 0 Å². The van der Waals surface area contributed by atoms with Gasteiger partial charge < -0.3 is 29.2 Å². The number of aromatic nitrogens is 2. The van der Waals surface area contributed by atoms with Crippen LogP contribution < -0.4 is 0 Å². The van der Waals surface area contributed by atoms with Gasteiger partial charge in [-0.15, -0.1) is 0 Å². The van der Waals surface area contributed by atoms with Crippen LogP contribution in [-0.2, 0) is 15.7 Å². The maximum absolute atomic E-state index is 11.2. The summed E-state index contributed by atoms with van der Waals surface area (Å²) < 4.78 is 23.6. The summed E-state index contributed by atoms with van der Waals surface area (Å²) in [5, 5.41) is 6.32. The third-order valence-electron chi connectivity index (χ3n) is 2.58. The van der Waals surface area contributed by atoms with Gasteiger partial charge in [-0.05, 0) is 0 Å². The largest absolute Gasteiger partial charge is 0.371 e. The van der Waals surface area contributed by atoms with Gasteiger partial charge in [-0.1, -0.05) is 13.8 Å². The van der Waals surface area contributed by atoms with Crippen molar-refractivity contribution in [2.45, 2.75) is 31.4 Å². The molecule has 0 aliphatic heterocycles. The molecule has 0 spiro atoms. The van der Waals surface area contributed by atoms with E-state index in [0.717, 1.165) is 4.57 Å². The number of rotatable bonds is 5. The van der Waals surface area contributed by atoms with E-state index in [9.17, 15) is 14.2 Å². The van der Waals surface area contributed by atoms with E-state index in [4.69, 9.17) is 19.6 Å². The van der Waals surface area contributed by atoms with E-state index >= 15 is 0 Å². The lowest BCUT2D eigenvalue weighted by molar-refractivity contribution is 0.114. The fourth-order valence-electron chi connectivity index (χ4n) is 1.54. The zero-order valence-electron chi connectivity index (χ0n) is 10.3. The molecule has 0 fully saturated rings. The fraction of sp³-hybridized carbons (Fsp3) is 0.625. The van der Waals surface area contributed by atoms with E-state index in [2.05, 4.69) is 4.98 Å². The Bertz CT molecular complexity index is 521. The second kappa shape index (κ2) is 5.10. The third-order valence-corrected chi connectivity index (χ3v) is 6.29. The van der Waals surface area contributed by atoms with Crippen molar-refractivity contribution in [1.82, 2.24) is 9.55 Å². The lowest BCUT2D eigenvalue weighted by Crippen LogP contribution is -2.34. The van der Waals surface area contributed by atoms with Crippen molar-refractivity contribution in [3.8, 4) is 0 Å². The highest BCUT2D eigenvalue weighted by Crippen LogP contribution is 2.68. The van der Waals surface area contributed by atoms with Gasteiger partial charge >= 0.3 is 15.2 Å². The summed E-state index contributed by atoms with van der Waals surface area (Å²) in [6.07, 6.45) is 2.60. The monoisotopic (exact) mass is 314 g/mol. The highest BCUT2D eigenvalue weighted by Gasteiger charge is 2.59. The average Bonchev–Trinajstić information content (AvgIpc) is 2.61. The minimum atomic E-state index is -5.46. The maximum Gasteiger partial charge on any atom is 0.371 e. The molecule has 110 valence electrons. The molecule has 5 N–H and O–H groups in total. The molecule has 11 heteroatoms. The first-order valence-corrected chi connectivity index (χ1v) is 8.47. The lowest BCUT2D eigenvalue weighted by atomic mass is 10.2. The molecule has 0 radical (unpaired) electrons. The summed E-state index contributed by atoms with van der Waals surface area (Å²) in [4.78, 5) is 40.1. The van der Waals surface area contributed by atoms with E-state index in [1.54, 1.807) is 13.8 Å². The fourth-order valence-corrected chi connectivity index (χ4v) is 3.57. The van der Waals surface area contributed by atoms with Crippen molar-refractivity contribution in [1.29, 1.82) is 0 Å². The SMILES string of the molecule is CC(C)c1nccn1CC(O)(P(=O)(O)O)P(=O)(O)O. The Morgan fingerprint density at radius 2 is 1.74 bits per heavy atom. The summed E-state index contributed by atoms with van der Waals surface area (Å²) >= 11 is 0. The summed E-state index contributed by atoms with van der Waals surface area (Å²) in [5.74, 6) is 0.202. The van der Waals surface area contributed by atoms with Crippen LogP contribution in [0, 0.1) is 0 Å². The Kier molecular flexibility index (Phi) is 4.44. The second-order valence-electron chi connectivity index (χ2n) is 4.43. The van der Waals surface area contributed by atoms with Gasteiger partial charge in [-0.3, -0.25) is 9.13 Å². The van der Waals surface area contributed by atoms with Gasteiger partial charge in [0.15, 0.2) is 0 Å². The van der Waals surface area contributed by atoms with Crippen molar-refractivity contribution in [3.05, 3.63) is 18.2 Å². The van der Waals surface area contributed by atoms with Crippen molar-refractivity contribution < 1.29 is 33.8 Å². The maximum atomic E-state index is 11.2. The van der Waals surface area contributed by atoms with Gasteiger partial charge in [0.05, 0.1) is 6.54 Å². The van der Waals surface area contributed by atoms with E-state index in [-0.39, 0.29) is 5.92 Å². The molecule has 0 bridgehead atoms. The predicted molar refractivity (Wildman–Crippen MR) is 65.4 cm³/mol. The van der Waals surface area contributed by atoms with E-state index in [1.807, 2.05) is 0 Å². The Morgan fingerprint density at radius 3 is 2.11 bits per heavy atom. The predicted octanol–water partition coefficient (Wildman–Crippen LogP) is 0.00800. The van der Waals surface area contributed by atoms with Crippen LogP contribution in [0.15, 0.2) is 12.4 Å². The zero-order chi connectivity index (χ0) is 15.1. The van der Waals surface area contributed by atoms with Gasteiger partial charge in [0.1, 0.15) is 5.82 Å². The number of hydrogen-bond donors (Lipinski definition) is 5. The van der Waals surface area contributed by atoms with Crippen LogP contribution in [-0.4, -0.2) is 39.3 Å². The van der Waals surface area contributed by atoms with Gasteiger partial charge in [0.25, 0.3) is 5.08 Å². The molecule has 0 saturated carbocycles. The summed E-state index contributed by atoms with van der Waals surface area (Å²) in [6, 6.07) is 0. The van der Waals surface area contributed by atoms with Crippen LogP contribution in [0.2, 0.25) is 0 Å². The molecule has 0 atom stereocenters. The summed E-state index contributed by atoms with van der Waals surface area (Å²) in [5.41, 5.74) is 0. The van der Waals surface area contributed by atoms with E-state index in [0.29, 0.717) is 5.82 Å². The molecule has 0 unspecified atom stereocenters. The summed E-state index contributed by atoms with van der Waals surface area (Å²) in [7, 11) is -10.9. The van der Waals surface area contributed by atoms with Gasteiger partial charge in [0, 0.05) is 18.3 Å². The molecule has 0 aliphatic carbocycles. The molecular formula is C8H16N2O7P2. The topological polar surface area (TPSA) is 153 Å². The zero-order valence-corrected chi connectivity index (χ0v) is 12.1. The molecule has 0 amide bonds. The van der Waals surface area contributed by atoms with Crippen molar-refractivity contribution in [2.75, 3.05) is 0 Å². The van der Waals surface area contributed by atoms with Crippen molar-refractivity contribution in [2.24, 2.45) is 0 Å². The van der Waals surface area contributed by atoms with Crippen LogP contribution in [0.4, 0.5) is 0 Å². The first-order valence-electron chi connectivity index (χ1n) is 5.25. The Hall–Kier alpha value is -0.530. The Labute approximate surface area is 109 Å². The smallest absolute Gasteiger partial charge is 0.366 e. The quantitative estimate of drug-likeness (QED) is 0.476. The molecule has 19 heavy (non-hydrogen) atoms. The third kappa shape index (κ3) is 3.14. The number of hydrogen-bond acceptors (Lipinski definition) is 4. The van der Waals surface area contributed by atoms with Crippen LogP contribution in [0.25, 0.3) is 0 Å². The minimum absolute atomic E-state index is 0.146. The molecule has 1 aromatic rings. The van der Waals surface area contributed by atoms with Crippen LogP contribution in [0.5, 0.6) is 0 Å². The second-order valence-corrected chi connectivity index (χ2v) is 8.44. The number of aliphatic hydroxyl groups is 1. The molecule has 1 heterocycles. The molecule has 0 aliphatic rings. The first-order chi connectivity index (χ1) is 8.40. The normalized spacial score (nSPS) is 14.1. The first kappa shape index (κ1) is 16.5. The van der Waals surface area contributed by atoms with E-state index < -0.39 is 26.8 Å². The molecule has 1 rings (SSSR count). The average molecular weight is 314 g/mol. The van der Waals surface area contributed by atoms with Gasteiger partial charge in [0.2, 0.25) is 0 Å². The van der Waals surface area contributed by atoms with Gasteiger partial charge in [-0.25, -0.2) is 4.98 Å². The van der Waals surface area contributed by atoms with Crippen LogP contribution >= 0.6 is 15.2 Å². The number of imidazole rings is 1. The minimum Gasteiger partial charge on any atom is -0.366 e. The van der Waals surface area contributed by atoms with Gasteiger partial charge in [-0.2, -0.15) is 0 Å². The highest BCUT2D eigenvalue weighted by molar-refractivity contribution is 7.72. The van der Waals surface area contributed by atoms with E-state index in [1.165, 1.54) is 12.4 Å². The molecule has 9 nitrogen and oxygen atoms in total. The summed E-state index contributed by atoms with van der Waals surface area (Å²) in [6.45, 7) is 2.54. The van der Waals surface area contributed by atoms with Crippen molar-refractivity contribution >= 4 is 15.2 Å². The highest BCUT2D eigenvalue weighted by atomic mass is 31.2. The number of nitrogens with zero attached hydrogens (tertiary/aromatic N) is 2. The molecule has 0 aromatic carbocycles. The molecule has 0 saturated heterocycles. The standard InChI is InChI=1S/C8H16N2O7P2/c1-6(2)7-9-3-4-10(7)5-8(11,18(12,13)14)19(15,16)17/h3-4,6,11H,5H2,1-2H3,(H2,12,13,14)(H2,15,16,17). The Balaban J connectivity index is 3.28. The molecule has 1 aromatic heterocycles. The Morgan fingerprint density at radius 1 is 1.26 bits per heavy atom. The van der Waals surface area contributed by atoms with Crippen molar-refractivity contribution in [3.63, 3.8) is 0 Å². The van der Waals surface area contributed by atoms with Crippen LogP contribution in [0.1, 0.15) is 25.6 Å². The lowest BCUT2D eigenvalue weighted by Gasteiger charge is -2.30. The molecular weight excluding hydrogens is 298 g/mol.